The van der Waals surface area contributed by atoms with Gasteiger partial charge in [-0.25, -0.2) is 4.79 Å². The molecule has 0 aromatic heterocycles. The van der Waals surface area contributed by atoms with Crippen LogP contribution in [-0.2, 0) is 9.53 Å². The Hall–Kier alpha value is -2.08. The number of thiocarbonyl (C=S) groups is 1. The quantitative estimate of drug-likeness (QED) is 0.582. The highest BCUT2D eigenvalue weighted by Crippen LogP contribution is 2.32. The lowest BCUT2D eigenvalue weighted by Crippen LogP contribution is -2.45. The normalized spacial score (nSPS) is 18.3. The Labute approximate surface area is 122 Å². The number of carbonyl (C=O) groups is 1. The number of phenolic OH excluding ortho intramolecular Hbond substituents is 1. The van der Waals surface area contributed by atoms with Crippen LogP contribution in [0.2, 0.25) is 0 Å². The number of carbonyl (C=O) groups excluding carboxylic acids is 1. The summed E-state index contributed by atoms with van der Waals surface area (Å²) in [6.07, 6.45) is 0. The predicted molar refractivity (Wildman–Crippen MR) is 79.1 cm³/mol. The van der Waals surface area contributed by atoms with Gasteiger partial charge in [-0.3, -0.25) is 0 Å². The maximum Gasteiger partial charge on any atom is 0.338 e. The molecule has 106 valence electrons. The zero-order chi connectivity index (χ0) is 14.7. The van der Waals surface area contributed by atoms with Crippen LogP contribution in [0.5, 0.6) is 5.75 Å². The third kappa shape index (κ3) is 2.75. The fourth-order valence-electron chi connectivity index (χ4n) is 2.14. The second-order valence-electron chi connectivity index (χ2n) is 4.35. The number of ether oxygens (including phenoxy) is 1. The molecule has 0 unspecified atom stereocenters. The Bertz CT molecular complexity index is 584. The summed E-state index contributed by atoms with van der Waals surface area (Å²) >= 11 is 5.12. The van der Waals surface area contributed by atoms with Gasteiger partial charge in [0.25, 0.3) is 0 Å². The van der Waals surface area contributed by atoms with Crippen molar-refractivity contribution in [3.63, 3.8) is 0 Å². The van der Waals surface area contributed by atoms with Crippen LogP contribution in [0.3, 0.4) is 0 Å². The zero-order valence-electron chi connectivity index (χ0n) is 11.3. The summed E-state index contributed by atoms with van der Waals surface area (Å²) in [6, 6.07) is 6.30. The van der Waals surface area contributed by atoms with Crippen LogP contribution in [-0.4, -0.2) is 22.8 Å². The van der Waals surface area contributed by atoms with E-state index in [9.17, 15) is 9.90 Å². The van der Waals surface area contributed by atoms with Crippen LogP contribution in [0.15, 0.2) is 35.5 Å². The van der Waals surface area contributed by atoms with Crippen LogP contribution in [0.25, 0.3) is 0 Å². The first-order valence-corrected chi connectivity index (χ1v) is 6.68. The number of aromatic hydroxyl groups is 1. The lowest BCUT2D eigenvalue weighted by Gasteiger charge is -2.30. The van der Waals surface area contributed by atoms with E-state index in [-0.39, 0.29) is 12.4 Å². The van der Waals surface area contributed by atoms with E-state index >= 15 is 0 Å². The second-order valence-corrected chi connectivity index (χ2v) is 4.76. The van der Waals surface area contributed by atoms with Crippen molar-refractivity contribution in [2.75, 3.05) is 6.61 Å². The predicted octanol–water partition coefficient (Wildman–Crippen LogP) is 1.75. The summed E-state index contributed by atoms with van der Waals surface area (Å²) in [5.74, 6) is -0.329. The van der Waals surface area contributed by atoms with Gasteiger partial charge in [0.15, 0.2) is 5.11 Å². The number of hydrogen-bond acceptors (Lipinski definition) is 4. The average Bonchev–Trinajstić information content (AvgIpc) is 2.38. The summed E-state index contributed by atoms with van der Waals surface area (Å²) < 4.78 is 5.08. The first-order chi connectivity index (χ1) is 9.54. The molecule has 1 aromatic rings. The summed E-state index contributed by atoms with van der Waals surface area (Å²) in [7, 11) is 0. The lowest BCUT2D eigenvalue weighted by molar-refractivity contribution is -0.139. The van der Waals surface area contributed by atoms with E-state index < -0.39 is 12.0 Å². The number of allylic oxidation sites excluding steroid dienone is 1. The van der Waals surface area contributed by atoms with Gasteiger partial charge in [0.1, 0.15) is 5.75 Å². The Balaban J connectivity index is 2.48. The van der Waals surface area contributed by atoms with Gasteiger partial charge in [-0.1, -0.05) is 18.2 Å². The van der Waals surface area contributed by atoms with Crippen molar-refractivity contribution < 1.29 is 14.6 Å². The largest absolute Gasteiger partial charge is 0.508 e. The molecule has 6 heteroatoms. The molecule has 1 heterocycles. The third-order valence-electron chi connectivity index (χ3n) is 3.01. The Kier molecular flexibility index (Phi) is 4.24. The highest BCUT2D eigenvalue weighted by atomic mass is 32.1. The van der Waals surface area contributed by atoms with Crippen molar-refractivity contribution in [3.8, 4) is 5.75 Å². The SMILES string of the molecule is CCOC(=O)C1=C(C)NC(=S)N[C@@H]1c1ccccc1O. The molecule has 0 saturated heterocycles. The number of hydrogen-bond donors (Lipinski definition) is 3. The first-order valence-electron chi connectivity index (χ1n) is 6.28. The van der Waals surface area contributed by atoms with Crippen molar-refractivity contribution in [2.24, 2.45) is 0 Å². The molecule has 0 amide bonds. The lowest BCUT2D eigenvalue weighted by atomic mass is 9.95. The molecular weight excluding hydrogens is 276 g/mol. The Morgan fingerprint density at radius 2 is 2.15 bits per heavy atom. The van der Waals surface area contributed by atoms with Crippen molar-refractivity contribution in [1.82, 2.24) is 10.6 Å². The van der Waals surface area contributed by atoms with E-state index in [2.05, 4.69) is 10.6 Å². The topological polar surface area (TPSA) is 70.6 Å². The van der Waals surface area contributed by atoms with E-state index in [1.54, 1.807) is 38.1 Å². The van der Waals surface area contributed by atoms with Crippen molar-refractivity contribution in [1.29, 1.82) is 0 Å². The number of para-hydroxylation sites is 1. The molecule has 1 atom stereocenters. The molecule has 0 bridgehead atoms. The molecule has 1 aliphatic heterocycles. The summed E-state index contributed by atoms with van der Waals surface area (Å²) in [5, 5.41) is 16.3. The molecule has 5 nitrogen and oxygen atoms in total. The van der Waals surface area contributed by atoms with Gasteiger partial charge in [-0.2, -0.15) is 0 Å². The van der Waals surface area contributed by atoms with Crippen LogP contribution in [0.1, 0.15) is 25.5 Å². The van der Waals surface area contributed by atoms with Gasteiger partial charge < -0.3 is 20.5 Å². The van der Waals surface area contributed by atoms with Gasteiger partial charge in [0, 0.05) is 11.3 Å². The van der Waals surface area contributed by atoms with Gasteiger partial charge in [0.2, 0.25) is 0 Å². The van der Waals surface area contributed by atoms with Gasteiger partial charge >= 0.3 is 5.97 Å². The molecule has 0 saturated carbocycles. The van der Waals surface area contributed by atoms with E-state index in [0.29, 0.717) is 21.9 Å². The first kappa shape index (κ1) is 14.3. The van der Waals surface area contributed by atoms with Crippen molar-refractivity contribution in [2.45, 2.75) is 19.9 Å². The minimum atomic E-state index is -0.524. The second kappa shape index (κ2) is 5.92. The van der Waals surface area contributed by atoms with Gasteiger partial charge in [-0.15, -0.1) is 0 Å². The van der Waals surface area contributed by atoms with Crippen LogP contribution in [0, 0.1) is 0 Å². The number of phenols is 1. The van der Waals surface area contributed by atoms with E-state index in [1.807, 2.05) is 0 Å². The fourth-order valence-corrected chi connectivity index (χ4v) is 2.41. The minimum absolute atomic E-state index is 0.101. The number of nitrogens with one attached hydrogen (secondary N) is 2. The van der Waals surface area contributed by atoms with Crippen LogP contribution >= 0.6 is 12.2 Å². The minimum Gasteiger partial charge on any atom is -0.508 e. The monoisotopic (exact) mass is 292 g/mol. The molecule has 0 radical (unpaired) electrons. The van der Waals surface area contributed by atoms with Crippen molar-refractivity contribution in [3.05, 3.63) is 41.1 Å². The maximum absolute atomic E-state index is 12.1. The molecule has 2 rings (SSSR count). The average molecular weight is 292 g/mol. The Morgan fingerprint density at radius 3 is 2.80 bits per heavy atom. The summed E-state index contributed by atoms with van der Waals surface area (Å²) in [4.78, 5) is 12.1. The fraction of sp³-hybridized carbons (Fsp3) is 0.286. The highest BCUT2D eigenvalue weighted by Gasteiger charge is 2.32. The number of rotatable bonds is 3. The maximum atomic E-state index is 12.1. The third-order valence-corrected chi connectivity index (χ3v) is 3.23. The molecule has 0 spiro atoms. The molecule has 0 aliphatic carbocycles. The standard InChI is InChI=1S/C14H16N2O3S/c1-3-19-13(18)11-8(2)15-14(20)16-12(11)9-6-4-5-7-10(9)17/h4-7,12,17H,3H2,1-2H3,(H2,15,16,20)/t12-/m1/s1. The zero-order valence-corrected chi connectivity index (χ0v) is 12.1. The van der Waals surface area contributed by atoms with E-state index in [0.717, 1.165) is 0 Å². The molecule has 20 heavy (non-hydrogen) atoms. The van der Waals surface area contributed by atoms with Crippen LogP contribution in [0.4, 0.5) is 0 Å². The summed E-state index contributed by atoms with van der Waals surface area (Å²) in [5.41, 5.74) is 1.63. The van der Waals surface area contributed by atoms with E-state index in [4.69, 9.17) is 17.0 Å². The highest BCUT2D eigenvalue weighted by molar-refractivity contribution is 7.80. The van der Waals surface area contributed by atoms with Crippen LogP contribution < -0.4 is 10.6 Å². The molecule has 3 N–H and O–H groups in total. The van der Waals surface area contributed by atoms with Gasteiger partial charge in [0.05, 0.1) is 18.2 Å². The molecule has 1 aromatic carbocycles. The van der Waals surface area contributed by atoms with E-state index in [1.165, 1.54) is 0 Å². The van der Waals surface area contributed by atoms with Gasteiger partial charge in [-0.05, 0) is 32.1 Å². The number of benzene rings is 1. The molecule has 1 aliphatic rings. The molecular formula is C14H16N2O3S. The number of esters is 1. The van der Waals surface area contributed by atoms with Crippen molar-refractivity contribution >= 4 is 23.3 Å². The Morgan fingerprint density at radius 1 is 1.45 bits per heavy atom. The smallest absolute Gasteiger partial charge is 0.338 e. The molecule has 0 fully saturated rings. The summed E-state index contributed by atoms with van der Waals surface area (Å²) in [6.45, 7) is 3.79.